The topological polar surface area (TPSA) is 52.6 Å². The predicted octanol–water partition coefficient (Wildman–Crippen LogP) is 3.68. The van der Waals surface area contributed by atoms with Crippen LogP contribution in [0.4, 0.5) is 0 Å². The van der Waals surface area contributed by atoms with Gasteiger partial charge in [0.1, 0.15) is 0 Å². The van der Waals surface area contributed by atoms with Crippen LogP contribution in [0.2, 0.25) is 0 Å². The fourth-order valence-electron chi connectivity index (χ4n) is 3.72. The first-order chi connectivity index (χ1) is 11.9. The quantitative estimate of drug-likeness (QED) is 0.346. The van der Waals surface area contributed by atoms with Crippen LogP contribution >= 0.6 is 35.3 Å². The zero-order valence-corrected chi connectivity index (χ0v) is 20.1. The number of thiazole rings is 1. The summed E-state index contributed by atoms with van der Waals surface area (Å²) in [5.41, 5.74) is 1.36. The second kappa shape index (κ2) is 11.4. The molecule has 150 valence electrons. The Bertz CT molecular complexity index is 560. The minimum atomic E-state index is 0. The number of aliphatic imine (C=N–C) groups is 1. The second-order valence-corrected chi connectivity index (χ2v) is 8.61. The molecule has 1 aromatic heterocycles. The number of aromatic nitrogens is 1. The standard InChI is InChI=1S/C19H35N5S.HI/c1-6-20-18(21-11-9-17-13-25-16(3)23-17)22-14-19(24(4)5)10-7-8-15(2)12-19;/h13,15H,6-12,14H2,1-5H3,(H2,20,21,22);1H. The molecule has 0 saturated heterocycles. The van der Waals surface area contributed by atoms with Crippen LogP contribution in [0.3, 0.4) is 0 Å². The molecule has 1 aliphatic carbocycles. The number of guanidine groups is 1. The fourth-order valence-corrected chi connectivity index (χ4v) is 4.37. The lowest BCUT2D eigenvalue weighted by atomic mass is 9.75. The largest absolute Gasteiger partial charge is 0.357 e. The molecule has 0 radical (unpaired) electrons. The zero-order valence-electron chi connectivity index (χ0n) is 17.0. The van der Waals surface area contributed by atoms with Crippen molar-refractivity contribution in [3.05, 3.63) is 16.1 Å². The lowest BCUT2D eigenvalue weighted by Gasteiger charge is -2.44. The molecular weight excluding hydrogens is 457 g/mol. The first-order valence-electron chi connectivity index (χ1n) is 9.56. The van der Waals surface area contributed by atoms with Gasteiger partial charge in [-0.05, 0) is 46.7 Å². The van der Waals surface area contributed by atoms with E-state index in [1.54, 1.807) is 11.3 Å². The van der Waals surface area contributed by atoms with Crippen molar-refractivity contribution in [3.8, 4) is 0 Å². The Morgan fingerprint density at radius 3 is 2.77 bits per heavy atom. The molecule has 0 bridgehead atoms. The molecule has 2 rings (SSSR count). The molecule has 2 N–H and O–H groups in total. The molecule has 0 aliphatic heterocycles. The highest BCUT2D eigenvalue weighted by atomic mass is 127. The van der Waals surface area contributed by atoms with Crippen LogP contribution in [0.15, 0.2) is 10.4 Å². The third-order valence-electron chi connectivity index (χ3n) is 5.23. The summed E-state index contributed by atoms with van der Waals surface area (Å²) in [7, 11) is 4.41. The van der Waals surface area contributed by atoms with Gasteiger partial charge in [-0.25, -0.2) is 4.98 Å². The van der Waals surface area contributed by atoms with Gasteiger partial charge in [0.05, 0.1) is 17.2 Å². The molecule has 2 unspecified atom stereocenters. The highest BCUT2D eigenvalue weighted by Gasteiger charge is 2.36. The molecule has 2 atom stereocenters. The van der Waals surface area contributed by atoms with Crippen molar-refractivity contribution in [2.45, 2.75) is 58.4 Å². The first-order valence-corrected chi connectivity index (χ1v) is 10.4. The van der Waals surface area contributed by atoms with Crippen LogP contribution in [0, 0.1) is 12.8 Å². The number of nitrogens with one attached hydrogen (secondary N) is 2. The zero-order chi connectivity index (χ0) is 18.3. The van der Waals surface area contributed by atoms with Crippen molar-refractivity contribution < 1.29 is 0 Å². The van der Waals surface area contributed by atoms with Crippen LogP contribution in [0.5, 0.6) is 0 Å². The molecule has 0 aromatic carbocycles. The lowest BCUT2D eigenvalue weighted by molar-refractivity contribution is 0.0845. The van der Waals surface area contributed by atoms with Crippen molar-refractivity contribution in [1.82, 2.24) is 20.5 Å². The monoisotopic (exact) mass is 493 g/mol. The van der Waals surface area contributed by atoms with Gasteiger partial charge in [0.2, 0.25) is 0 Å². The molecule has 1 aromatic rings. The first kappa shape index (κ1) is 23.6. The smallest absolute Gasteiger partial charge is 0.191 e. The molecule has 1 fully saturated rings. The van der Waals surface area contributed by atoms with Crippen molar-refractivity contribution in [3.63, 3.8) is 0 Å². The van der Waals surface area contributed by atoms with Crippen LogP contribution in [0.1, 0.15) is 50.2 Å². The lowest BCUT2D eigenvalue weighted by Crippen LogP contribution is -2.51. The molecule has 5 nitrogen and oxygen atoms in total. The Kier molecular flexibility index (Phi) is 10.4. The average molecular weight is 494 g/mol. The third-order valence-corrected chi connectivity index (χ3v) is 6.05. The number of rotatable bonds is 7. The van der Waals surface area contributed by atoms with Crippen molar-refractivity contribution in [1.29, 1.82) is 0 Å². The Hall–Kier alpha value is -0.410. The molecule has 1 saturated carbocycles. The summed E-state index contributed by atoms with van der Waals surface area (Å²) in [6, 6.07) is 0. The molecule has 1 heterocycles. The van der Waals surface area contributed by atoms with Gasteiger partial charge >= 0.3 is 0 Å². The number of nitrogens with zero attached hydrogens (tertiary/aromatic N) is 3. The van der Waals surface area contributed by atoms with E-state index in [0.717, 1.165) is 48.6 Å². The summed E-state index contributed by atoms with van der Waals surface area (Å²) >= 11 is 1.72. The van der Waals surface area contributed by atoms with E-state index in [9.17, 15) is 0 Å². The van der Waals surface area contributed by atoms with Gasteiger partial charge in [-0.15, -0.1) is 35.3 Å². The van der Waals surface area contributed by atoms with E-state index in [4.69, 9.17) is 4.99 Å². The number of hydrogen-bond donors (Lipinski definition) is 2. The van der Waals surface area contributed by atoms with Crippen LogP contribution in [0.25, 0.3) is 0 Å². The van der Waals surface area contributed by atoms with E-state index in [0.29, 0.717) is 0 Å². The minimum Gasteiger partial charge on any atom is -0.357 e. The summed E-state index contributed by atoms with van der Waals surface area (Å²) in [6.45, 7) is 9.15. The molecule has 26 heavy (non-hydrogen) atoms. The highest BCUT2D eigenvalue weighted by molar-refractivity contribution is 14.0. The van der Waals surface area contributed by atoms with Crippen LogP contribution < -0.4 is 10.6 Å². The average Bonchev–Trinajstić information content (AvgIpc) is 2.98. The van der Waals surface area contributed by atoms with E-state index in [1.165, 1.54) is 25.7 Å². The van der Waals surface area contributed by atoms with E-state index in [-0.39, 0.29) is 29.5 Å². The Morgan fingerprint density at radius 1 is 1.42 bits per heavy atom. The van der Waals surface area contributed by atoms with Gasteiger partial charge in [-0.2, -0.15) is 0 Å². The van der Waals surface area contributed by atoms with Gasteiger partial charge in [0.15, 0.2) is 5.96 Å². The Labute approximate surface area is 180 Å². The number of hydrogen-bond acceptors (Lipinski definition) is 4. The SMILES string of the molecule is CCNC(=NCC1(N(C)C)CCCC(C)C1)NCCc1csc(C)n1.I. The van der Waals surface area contributed by atoms with E-state index in [2.05, 4.69) is 60.8 Å². The highest BCUT2D eigenvalue weighted by Crippen LogP contribution is 2.35. The maximum absolute atomic E-state index is 4.94. The predicted molar refractivity (Wildman–Crippen MR) is 124 cm³/mol. The van der Waals surface area contributed by atoms with E-state index in [1.807, 2.05) is 0 Å². The summed E-state index contributed by atoms with van der Waals surface area (Å²) in [5.74, 6) is 1.71. The fraction of sp³-hybridized carbons (Fsp3) is 0.789. The van der Waals surface area contributed by atoms with E-state index < -0.39 is 0 Å². The second-order valence-electron chi connectivity index (χ2n) is 7.55. The molecule has 0 spiro atoms. The minimum absolute atomic E-state index is 0. The maximum atomic E-state index is 4.94. The summed E-state index contributed by atoms with van der Waals surface area (Å²) in [6.07, 6.45) is 6.07. The Morgan fingerprint density at radius 2 is 2.19 bits per heavy atom. The van der Waals surface area contributed by atoms with Crippen molar-refractivity contribution in [2.75, 3.05) is 33.7 Å². The van der Waals surface area contributed by atoms with Gasteiger partial charge < -0.3 is 15.5 Å². The van der Waals surface area contributed by atoms with Gasteiger partial charge in [0.25, 0.3) is 0 Å². The van der Waals surface area contributed by atoms with Gasteiger partial charge in [0, 0.05) is 30.4 Å². The van der Waals surface area contributed by atoms with Gasteiger partial charge in [-0.3, -0.25) is 4.99 Å². The Balaban J connectivity index is 0.00000338. The maximum Gasteiger partial charge on any atom is 0.191 e. The molecule has 7 heteroatoms. The summed E-state index contributed by atoms with van der Waals surface area (Å²) < 4.78 is 0. The molecular formula is C19H36IN5S. The van der Waals surface area contributed by atoms with Crippen molar-refractivity contribution in [2.24, 2.45) is 10.9 Å². The number of likely N-dealkylation sites (N-methyl/N-ethyl adjacent to an activating group) is 1. The van der Waals surface area contributed by atoms with E-state index >= 15 is 0 Å². The van der Waals surface area contributed by atoms with Crippen molar-refractivity contribution >= 4 is 41.3 Å². The number of aryl methyl sites for hydroxylation is 1. The molecule has 1 aliphatic rings. The number of halogens is 1. The summed E-state index contributed by atoms with van der Waals surface area (Å²) in [4.78, 5) is 11.9. The molecule has 0 amide bonds. The van der Waals surface area contributed by atoms with Gasteiger partial charge in [-0.1, -0.05) is 19.8 Å². The third kappa shape index (κ3) is 6.96. The van der Waals surface area contributed by atoms with Crippen LogP contribution in [-0.2, 0) is 6.42 Å². The summed E-state index contributed by atoms with van der Waals surface area (Å²) in [5, 5.41) is 10.1. The normalized spacial score (nSPS) is 23.6. The van der Waals surface area contributed by atoms with Crippen LogP contribution in [-0.4, -0.2) is 55.1 Å².